The van der Waals surface area contributed by atoms with Crippen LogP contribution in [0.1, 0.15) is 51.3 Å². The third-order valence-corrected chi connectivity index (χ3v) is 7.16. The molecule has 164 valence electrons. The van der Waals surface area contributed by atoms with Crippen LogP contribution in [0.15, 0.2) is 33.7 Å². The fraction of sp³-hybridized carbons (Fsp3) is 0.609. The Labute approximate surface area is 195 Å². The van der Waals surface area contributed by atoms with E-state index in [9.17, 15) is 0 Å². The van der Waals surface area contributed by atoms with E-state index in [1.54, 1.807) is 0 Å². The van der Waals surface area contributed by atoms with Crippen LogP contribution in [0, 0.1) is 11.3 Å². The highest BCUT2D eigenvalue weighted by molar-refractivity contribution is 14.0. The van der Waals surface area contributed by atoms with Crippen molar-refractivity contribution in [1.82, 2.24) is 10.6 Å². The van der Waals surface area contributed by atoms with Crippen molar-refractivity contribution in [2.45, 2.75) is 57.7 Å². The summed E-state index contributed by atoms with van der Waals surface area (Å²) < 4.78 is 17.9. The molecule has 1 aromatic carbocycles. The number of ether oxygens (including phenoxy) is 2. The maximum atomic E-state index is 6.16. The van der Waals surface area contributed by atoms with Gasteiger partial charge in [-0.1, -0.05) is 18.6 Å². The Morgan fingerprint density at radius 1 is 1.37 bits per heavy atom. The van der Waals surface area contributed by atoms with Gasteiger partial charge in [0.2, 0.25) is 0 Å². The lowest BCUT2D eigenvalue weighted by atomic mass is 9.46. The summed E-state index contributed by atoms with van der Waals surface area (Å²) in [6.45, 7) is 5.61. The van der Waals surface area contributed by atoms with E-state index >= 15 is 0 Å². The molecule has 30 heavy (non-hydrogen) atoms. The zero-order chi connectivity index (χ0) is 20.0. The summed E-state index contributed by atoms with van der Waals surface area (Å²) in [4.78, 5) is 4.50. The van der Waals surface area contributed by atoms with Gasteiger partial charge in [0.15, 0.2) is 17.3 Å². The van der Waals surface area contributed by atoms with E-state index in [0.717, 1.165) is 41.5 Å². The minimum Gasteiger partial charge on any atom is -0.490 e. The summed E-state index contributed by atoms with van der Waals surface area (Å²) in [5.41, 5.74) is 1.13. The number of guanidine groups is 1. The standard InChI is InChI=1S/C23H31N3O3.HI/c1-4-27-17-8-5-7-15-13-18(29-19(15)17)14(2)25-22(24-3)26-20-16-9-12-28-21(16)23(20)10-6-11-23;/h5,7-8,13-14,16,20-21H,4,6,9-12H2,1-3H3,(H2,24,25,26);1H. The first kappa shape index (κ1) is 21.7. The van der Waals surface area contributed by atoms with E-state index < -0.39 is 0 Å². The zero-order valence-corrected chi connectivity index (χ0v) is 20.3. The minimum absolute atomic E-state index is 0. The van der Waals surface area contributed by atoms with Crippen molar-refractivity contribution in [1.29, 1.82) is 0 Å². The maximum Gasteiger partial charge on any atom is 0.191 e. The van der Waals surface area contributed by atoms with Gasteiger partial charge in [-0.3, -0.25) is 4.99 Å². The number of para-hydroxylation sites is 1. The van der Waals surface area contributed by atoms with Crippen LogP contribution in [0.2, 0.25) is 0 Å². The fourth-order valence-electron chi connectivity index (χ4n) is 5.59. The van der Waals surface area contributed by atoms with Gasteiger partial charge in [0.1, 0.15) is 5.76 Å². The topological polar surface area (TPSA) is 68.0 Å². The number of aliphatic imine (C=N–C) groups is 1. The Bertz CT molecular complexity index is 924. The zero-order valence-electron chi connectivity index (χ0n) is 17.9. The Balaban J connectivity index is 0.00000218. The average molecular weight is 525 g/mol. The molecule has 2 aliphatic carbocycles. The molecule has 1 aliphatic heterocycles. The van der Waals surface area contributed by atoms with Gasteiger partial charge < -0.3 is 24.5 Å². The summed E-state index contributed by atoms with van der Waals surface area (Å²) in [5.74, 6) is 3.12. The summed E-state index contributed by atoms with van der Waals surface area (Å²) >= 11 is 0. The first-order valence-electron chi connectivity index (χ1n) is 10.9. The van der Waals surface area contributed by atoms with Crippen molar-refractivity contribution < 1.29 is 13.9 Å². The molecule has 7 heteroatoms. The number of rotatable bonds is 5. The number of halogens is 1. The smallest absolute Gasteiger partial charge is 0.191 e. The molecule has 0 bridgehead atoms. The summed E-state index contributed by atoms with van der Waals surface area (Å²) in [5, 5.41) is 8.31. The Kier molecular flexibility index (Phi) is 6.21. The molecular formula is C23H32IN3O3. The largest absolute Gasteiger partial charge is 0.490 e. The quantitative estimate of drug-likeness (QED) is 0.339. The van der Waals surface area contributed by atoms with E-state index in [2.05, 4.69) is 34.7 Å². The van der Waals surface area contributed by atoms with Crippen molar-refractivity contribution in [3.05, 3.63) is 30.0 Å². The van der Waals surface area contributed by atoms with Gasteiger partial charge in [0.25, 0.3) is 0 Å². The molecule has 1 saturated heterocycles. The van der Waals surface area contributed by atoms with Crippen molar-refractivity contribution in [3.63, 3.8) is 0 Å². The SMILES string of the molecule is CCOc1cccc2cc(C(C)NC(=NC)NC3C4CCOC4C34CCC4)oc12.I. The van der Waals surface area contributed by atoms with E-state index in [4.69, 9.17) is 13.9 Å². The Morgan fingerprint density at radius 3 is 2.90 bits per heavy atom. The predicted octanol–water partition coefficient (Wildman–Crippen LogP) is 4.63. The van der Waals surface area contributed by atoms with E-state index in [1.807, 2.05) is 26.1 Å². The highest BCUT2D eigenvalue weighted by Crippen LogP contribution is 2.62. The first-order valence-corrected chi connectivity index (χ1v) is 10.9. The lowest BCUT2D eigenvalue weighted by molar-refractivity contribution is -0.171. The number of furan rings is 1. The van der Waals surface area contributed by atoms with Crippen molar-refractivity contribution in [2.24, 2.45) is 16.3 Å². The van der Waals surface area contributed by atoms with Gasteiger partial charge in [-0.2, -0.15) is 0 Å². The van der Waals surface area contributed by atoms with Gasteiger partial charge in [0, 0.05) is 36.4 Å². The number of benzene rings is 1. The van der Waals surface area contributed by atoms with Crippen LogP contribution in [-0.2, 0) is 4.74 Å². The molecule has 0 radical (unpaired) electrons. The second-order valence-electron chi connectivity index (χ2n) is 8.65. The van der Waals surface area contributed by atoms with Gasteiger partial charge in [-0.15, -0.1) is 24.0 Å². The summed E-state index contributed by atoms with van der Waals surface area (Å²) in [6.07, 6.45) is 5.45. The molecule has 3 aliphatic rings. The third kappa shape index (κ3) is 3.38. The first-order chi connectivity index (χ1) is 14.2. The second-order valence-corrected chi connectivity index (χ2v) is 8.65. The third-order valence-electron chi connectivity index (χ3n) is 7.16. The molecule has 2 heterocycles. The average Bonchev–Trinajstić information content (AvgIpc) is 3.30. The molecule has 4 atom stereocenters. The molecule has 2 aromatic rings. The number of hydrogen-bond donors (Lipinski definition) is 2. The normalized spacial score (nSPS) is 27.6. The van der Waals surface area contributed by atoms with Crippen molar-refractivity contribution in [3.8, 4) is 5.75 Å². The minimum atomic E-state index is -0.00359. The molecule has 5 rings (SSSR count). The highest BCUT2D eigenvalue weighted by Gasteiger charge is 2.66. The molecule has 1 spiro atoms. The van der Waals surface area contributed by atoms with Crippen LogP contribution >= 0.6 is 24.0 Å². The number of nitrogens with zero attached hydrogens (tertiary/aromatic N) is 1. The lowest BCUT2D eigenvalue weighted by Gasteiger charge is -2.63. The van der Waals surface area contributed by atoms with Crippen molar-refractivity contribution >= 4 is 40.9 Å². The lowest BCUT2D eigenvalue weighted by Crippen LogP contribution is -2.72. The fourth-order valence-corrected chi connectivity index (χ4v) is 5.59. The Hall–Kier alpha value is -1.48. The monoisotopic (exact) mass is 525 g/mol. The van der Waals surface area contributed by atoms with Gasteiger partial charge in [-0.05, 0) is 45.2 Å². The predicted molar refractivity (Wildman–Crippen MR) is 129 cm³/mol. The molecule has 6 nitrogen and oxygen atoms in total. The Morgan fingerprint density at radius 2 is 2.20 bits per heavy atom. The molecule has 4 unspecified atom stereocenters. The molecular weight excluding hydrogens is 493 g/mol. The van der Waals surface area contributed by atoms with Gasteiger partial charge in [0.05, 0.1) is 18.8 Å². The number of nitrogens with one attached hydrogen (secondary N) is 2. The number of hydrogen-bond acceptors (Lipinski definition) is 4. The highest BCUT2D eigenvalue weighted by atomic mass is 127. The molecule has 2 saturated carbocycles. The summed E-state index contributed by atoms with van der Waals surface area (Å²) in [6, 6.07) is 8.55. The van der Waals surface area contributed by atoms with Crippen LogP contribution in [0.3, 0.4) is 0 Å². The van der Waals surface area contributed by atoms with Crippen LogP contribution in [0.5, 0.6) is 5.75 Å². The van der Waals surface area contributed by atoms with Crippen LogP contribution in [-0.4, -0.2) is 38.4 Å². The van der Waals surface area contributed by atoms with Gasteiger partial charge in [-0.25, -0.2) is 0 Å². The molecule has 1 aromatic heterocycles. The van der Waals surface area contributed by atoms with Crippen LogP contribution in [0.25, 0.3) is 11.0 Å². The van der Waals surface area contributed by atoms with E-state index in [1.165, 1.54) is 19.3 Å². The van der Waals surface area contributed by atoms with E-state index in [0.29, 0.717) is 30.1 Å². The molecule has 0 amide bonds. The van der Waals surface area contributed by atoms with Crippen LogP contribution < -0.4 is 15.4 Å². The second kappa shape index (κ2) is 8.57. The van der Waals surface area contributed by atoms with Crippen LogP contribution in [0.4, 0.5) is 0 Å². The number of fused-ring (bicyclic) bond motifs is 3. The maximum absolute atomic E-state index is 6.16. The molecule has 3 fully saturated rings. The van der Waals surface area contributed by atoms with Crippen molar-refractivity contribution in [2.75, 3.05) is 20.3 Å². The van der Waals surface area contributed by atoms with Gasteiger partial charge >= 0.3 is 0 Å². The van der Waals surface area contributed by atoms with E-state index in [-0.39, 0.29) is 30.0 Å². The molecule has 2 N–H and O–H groups in total. The summed E-state index contributed by atoms with van der Waals surface area (Å²) in [7, 11) is 1.84.